The first kappa shape index (κ1) is 79.6. The van der Waals surface area contributed by atoms with Crippen molar-refractivity contribution in [1.82, 2.24) is 9.55 Å². The van der Waals surface area contributed by atoms with E-state index in [9.17, 15) is 25.2 Å². The lowest BCUT2D eigenvalue weighted by Crippen LogP contribution is -2.36. The Morgan fingerprint density at radius 1 is 0.545 bits per heavy atom. The molecule has 4 rings (SSSR count). The minimum absolute atomic E-state index is 0.00547. The van der Waals surface area contributed by atoms with Gasteiger partial charge in [0.2, 0.25) is 0 Å². The Balaban J connectivity index is 0.000000493. The maximum atomic E-state index is 11.5. The number of unbranched alkanes of at least 4 members (excludes halogenated alkanes) is 25. The molecule has 0 unspecified atom stereocenters. The number of nitrogen functional groups attached to an aromatic ring is 1. The summed E-state index contributed by atoms with van der Waals surface area (Å²) >= 11 is 0. The van der Waals surface area contributed by atoms with Gasteiger partial charge < -0.3 is 41.1 Å². The number of ether oxygens (including phenoxy) is 1. The van der Waals surface area contributed by atoms with Crippen LogP contribution in [0.5, 0.6) is 0 Å². The number of nitrogens with zero attached hydrogens (tertiary/aromatic N) is 2. The molecule has 1 fully saturated rings. The number of aliphatic hydroxyl groups is 6. The van der Waals surface area contributed by atoms with E-state index in [1.165, 1.54) is 217 Å². The Morgan fingerprint density at radius 2 is 0.886 bits per heavy atom. The summed E-state index contributed by atoms with van der Waals surface area (Å²) in [6, 6.07) is 1.37. The highest BCUT2D eigenvalue weighted by Gasteiger charge is 2.44. The van der Waals surface area contributed by atoms with Crippen LogP contribution in [0.4, 0.5) is 5.82 Å². The average Bonchev–Trinajstić information content (AvgIpc) is 2.11. The van der Waals surface area contributed by atoms with Crippen LogP contribution in [0.3, 0.4) is 0 Å². The summed E-state index contributed by atoms with van der Waals surface area (Å²) in [5.41, 5.74) is 14.7. The molecule has 0 aromatic carbocycles. The van der Waals surface area contributed by atoms with E-state index in [0.29, 0.717) is 6.61 Å². The van der Waals surface area contributed by atoms with Crippen molar-refractivity contribution in [3.63, 3.8) is 0 Å². The second-order valence-electron chi connectivity index (χ2n) is 27.0. The quantitative estimate of drug-likeness (QED) is 0.0248. The van der Waals surface area contributed by atoms with Crippen molar-refractivity contribution in [2.75, 3.05) is 18.9 Å². The summed E-state index contributed by atoms with van der Waals surface area (Å²) in [6.07, 6.45) is 66.4. The SMILES string of the molecule is CC1=C(/C=C/C(C)=C/C=C/C(C)=C/C=C/C=C(C)/C=C/C=C(C)/C=C/C2=C(C)C[C@@H](O)CC2(C)C)C(C)(C)C[C@H](O)C1.CCCCCCCCCCCCCCCCCCCCCCCCCCCCO.Nc1ccn([C@@H]2O[C@H](CO)[C@@H](O)[C@H]2O)c(=O)n1. The third kappa shape index (κ3) is 34.7. The molecule has 0 saturated carbocycles. The molecule has 0 amide bonds. The first-order valence-electron chi connectivity index (χ1n) is 34.5. The summed E-state index contributed by atoms with van der Waals surface area (Å²) < 4.78 is 6.19. The fourth-order valence-corrected chi connectivity index (χ4v) is 12.3. The molecule has 0 spiro atoms. The van der Waals surface area contributed by atoms with Crippen molar-refractivity contribution in [2.45, 2.75) is 306 Å². The van der Waals surface area contributed by atoms with Crippen LogP contribution in [0.1, 0.15) is 275 Å². The Kier molecular flexibility index (Phi) is 42.2. The van der Waals surface area contributed by atoms with Crippen LogP contribution >= 0.6 is 0 Å². The normalized spacial score (nSPS) is 22.1. The van der Waals surface area contributed by atoms with Gasteiger partial charge in [0.05, 0.1) is 18.8 Å². The number of aromatic nitrogens is 2. The smallest absolute Gasteiger partial charge is 0.351 e. The summed E-state index contributed by atoms with van der Waals surface area (Å²) in [6.45, 7) is 23.8. The molecule has 0 bridgehead atoms. The van der Waals surface area contributed by atoms with Crippen molar-refractivity contribution < 1.29 is 35.4 Å². The van der Waals surface area contributed by atoms with Gasteiger partial charge in [0.25, 0.3) is 0 Å². The van der Waals surface area contributed by atoms with Gasteiger partial charge in [-0.05, 0) is 102 Å². The van der Waals surface area contributed by atoms with Gasteiger partial charge in [0.15, 0.2) is 6.23 Å². The zero-order valence-electron chi connectivity index (χ0n) is 57.3. The molecule has 6 atom stereocenters. The molecule has 498 valence electrons. The summed E-state index contributed by atoms with van der Waals surface area (Å²) in [4.78, 5) is 15.0. The molecule has 1 aromatic rings. The molecule has 11 nitrogen and oxygen atoms in total. The predicted octanol–water partition coefficient (Wildman–Crippen LogP) is 18.1. The van der Waals surface area contributed by atoms with Gasteiger partial charge in [-0.3, -0.25) is 4.57 Å². The number of allylic oxidation sites excluding steroid dienone is 20. The fourth-order valence-electron chi connectivity index (χ4n) is 12.3. The van der Waals surface area contributed by atoms with Crippen LogP contribution < -0.4 is 11.4 Å². The predicted molar refractivity (Wildman–Crippen MR) is 373 cm³/mol. The zero-order valence-corrected chi connectivity index (χ0v) is 57.3. The van der Waals surface area contributed by atoms with Crippen LogP contribution in [0.25, 0.3) is 0 Å². The molecule has 2 aliphatic carbocycles. The molecule has 1 aromatic heterocycles. The van der Waals surface area contributed by atoms with Crippen LogP contribution in [-0.4, -0.2) is 83.9 Å². The van der Waals surface area contributed by atoms with Gasteiger partial charge >= 0.3 is 5.69 Å². The minimum Gasteiger partial charge on any atom is -0.396 e. The van der Waals surface area contributed by atoms with Crippen LogP contribution in [0.15, 0.2) is 147 Å². The number of hydrogen-bond acceptors (Lipinski definition) is 10. The Morgan fingerprint density at radius 3 is 1.20 bits per heavy atom. The molecular formula is C77H127N3O8. The van der Waals surface area contributed by atoms with Gasteiger partial charge in [-0.1, -0.05) is 314 Å². The second kappa shape index (κ2) is 46.6. The maximum Gasteiger partial charge on any atom is 0.351 e. The Labute approximate surface area is 536 Å². The van der Waals surface area contributed by atoms with Crippen molar-refractivity contribution >= 4 is 5.82 Å². The standard InChI is InChI=1S/C40H56O2.C28H58O.C9H13N3O5/c1-29(17-13-19-31(3)21-23-37-33(5)25-35(41)27-39(37,7)8)15-11-12-16-30(2)18-14-20-32(4)22-24-38-34(6)26-36(42)28-40(38,9)10;1-2-3-4-5-6-7-8-9-10-11-12-13-14-15-16-17-18-19-20-21-22-23-24-25-26-27-28-29;10-5-1-2-12(9(16)11-5)8-7(15)6(14)4(3-13)17-8/h11-24,35-36,41-42H,25-28H2,1-10H3;29H,2-28H2,1H3;1-2,4,6-8,13-15H,3H2,(H2,10,11,16)/b12-11+,17-13+,18-14+,23-21+,24-22+,29-15+,30-16+,31-19+,32-20+;;/t35-,36-;;4-,6-,7-,8-/m1.1/s1. The Bertz CT molecular complexity index is 2370. The number of anilines is 1. The van der Waals surface area contributed by atoms with E-state index in [2.05, 4.69) is 166 Å². The third-order valence-electron chi connectivity index (χ3n) is 17.4. The van der Waals surface area contributed by atoms with E-state index >= 15 is 0 Å². The number of hydrogen-bond donors (Lipinski definition) is 7. The Hall–Kier alpha value is -4.46. The molecule has 8 N–H and O–H groups in total. The number of rotatable bonds is 38. The number of nitrogens with two attached hydrogens (primary N) is 1. The zero-order chi connectivity index (χ0) is 65.2. The molecule has 1 saturated heterocycles. The van der Waals surface area contributed by atoms with E-state index in [0.717, 1.165) is 36.7 Å². The van der Waals surface area contributed by atoms with Crippen LogP contribution in [-0.2, 0) is 4.74 Å². The summed E-state index contributed by atoms with van der Waals surface area (Å²) in [5, 5.41) is 57.1. The van der Waals surface area contributed by atoms with Gasteiger partial charge in [-0.15, -0.1) is 0 Å². The molecule has 3 aliphatic rings. The second-order valence-corrected chi connectivity index (χ2v) is 27.0. The molecule has 0 radical (unpaired) electrons. The fraction of sp³-hybridized carbons (Fsp3) is 0.662. The lowest BCUT2D eigenvalue weighted by Gasteiger charge is -2.35. The maximum absolute atomic E-state index is 11.5. The van der Waals surface area contributed by atoms with Crippen molar-refractivity contribution in [1.29, 1.82) is 0 Å². The third-order valence-corrected chi connectivity index (χ3v) is 17.4. The molecule has 11 heteroatoms. The largest absolute Gasteiger partial charge is 0.396 e. The van der Waals surface area contributed by atoms with Crippen molar-refractivity contribution in [3.8, 4) is 0 Å². The highest BCUT2D eigenvalue weighted by molar-refractivity contribution is 5.39. The van der Waals surface area contributed by atoms with Crippen molar-refractivity contribution in [2.24, 2.45) is 10.8 Å². The molecule has 88 heavy (non-hydrogen) atoms. The van der Waals surface area contributed by atoms with E-state index in [1.807, 2.05) is 0 Å². The minimum atomic E-state index is -1.31. The lowest BCUT2D eigenvalue weighted by molar-refractivity contribution is -0.0549. The lowest BCUT2D eigenvalue weighted by atomic mass is 9.71. The van der Waals surface area contributed by atoms with E-state index in [1.54, 1.807) is 0 Å². The molecular weight excluding hydrogens is 1090 g/mol. The first-order chi connectivity index (χ1) is 42.1. The van der Waals surface area contributed by atoms with E-state index < -0.39 is 36.8 Å². The van der Waals surface area contributed by atoms with Crippen molar-refractivity contribution in [3.05, 3.63) is 152 Å². The number of aliphatic hydroxyl groups excluding tert-OH is 6. The van der Waals surface area contributed by atoms with E-state index in [4.69, 9.17) is 20.7 Å². The first-order valence-corrected chi connectivity index (χ1v) is 34.5. The summed E-state index contributed by atoms with van der Waals surface area (Å²) in [7, 11) is 0. The van der Waals surface area contributed by atoms with Crippen LogP contribution in [0.2, 0.25) is 0 Å². The van der Waals surface area contributed by atoms with Gasteiger partial charge in [0, 0.05) is 12.8 Å². The topological polar surface area (TPSA) is 192 Å². The molecule has 2 heterocycles. The highest BCUT2D eigenvalue weighted by atomic mass is 16.6. The van der Waals surface area contributed by atoms with Gasteiger partial charge in [-0.2, -0.15) is 4.98 Å². The summed E-state index contributed by atoms with van der Waals surface area (Å²) in [5.74, 6) is 0.0537. The average molecular weight is 1220 g/mol. The van der Waals surface area contributed by atoms with Gasteiger partial charge in [-0.25, -0.2) is 4.79 Å². The van der Waals surface area contributed by atoms with Gasteiger partial charge in [0.1, 0.15) is 24.1 Å². The van der Waals surface area contributed by atoms with E-state index in [-0.39, 0.29) is 28.9 Å². The monoisotopic (exact) mass is 1220 g/mol. The molecule has 1 aliphatic heterocycles. The van der Waals surface area contributed by atoms with Crippen LogP contribution in [0, 0.1) is 10.8 Å². The highest BCUT2D eigenvalue weighted by Crippen LogP contribution is 2.42.